The molecule has 2 N–H and O–H groups in total. The molecule has 0 aliphatic heterocycles. The summed E-state index contributed by atoms with van der Waals surface area (Å²) in [4.78, 5) is 23.4. The maximum Gasteiger partial charge on any atom is 0.326 e. The lowest BCUT2D eigenvalue weighted by Crippen LogP contribution is -2.44. The molecular formula is C17H25NO5. The van der Waals surface area contributed by atoms with E-state index in [2.05, 4.69) is 12.2 Å². The van der Waals surface area contributed by atoms with Crippen molar-refractivity contribution >= 4 is 11.9 Å². The van der Waals surface area contributed by atoms with E-state index in [0.29, 0.717) is 23.7 Å². The lowest BCUT2D eigenvalue weighted by molar-refractivity contribution is -0.140. The Kier molecular flexibility index (Phi) is 7.38. The third kappa shape index (κ3) is 5.47. The molecule has 0 bridgehead atoms. The first-order valence-electron chi connectivity index (χ1n) is 7.75. The Balaban J connectivity index is 2.87. The zero-order chi connectivity index (χ0) is 17.4. The Hall–Kier alpha value is -2.24. The molecule has 0 saturated carbocycles. The topological polar surface area (TPSA) is 84.9 Å². The minimum absolute atomic E-state index is 0.213. The summed E-state index contributed by atoms with van der Waals surface area (Å²) < 4.78 is 10.9. The van der Waals surface area contributed by atoms with Crippen LogP contribution in [0.1, 0.15) is 44.0 Å². The van der Waals surface area contributed by atoms with Gasteiger partial charge >= 0.3 is 5.97 Å². The van der Waals surface area contributed by atoms with Crippen molar-refractivity contribution in [3.63, 3.8) is 0 Å². The number of hydrogen-bond acceptors (Lipinski definition) is 4. The van der Waals surface area contributed by atoms with Crippen LogP contribution in [-0.4, -0.2) is 36.7 Å². The second-order valence-corrected chi connectivity index (χ2v) is 5.60. The summed E-state index contributed by atoms with van der Waals surface area (Å²) in [6, 6.07) is 3.87. The average molecular weight is 323 g/mol. The Bertz CT molecular complexity index is 542. The van der Waals surface area contributed by atoms with Gasteiger partial charge in [-0.05, 0) is 30.5 Å². The molecule has 0 fully saturated rings. The van der Waals surface area contributed by atoms with Gasteiger partial charge in [-0.3, -0.25) is 4.79 Å². The summed E-state index contributed by atoms with van der Waals surface area (Å²) in [6.45, 7) is 6.13. The van der Waals surface area contributed by atoms with Crippen LogP contribution in [0.5, 0.6) is 11.5 Å². The van der Waals surface area contributed by atoms with E-state index >= 15 is 0 Å². The molecule has 0 radical (unpaired) electrons. The molecule has 1 atom stereocenters. The standard InChI is InChI=1S/C17H25NO5/c1-5-6-9-23-13-8-7-12(10-14(13)22-4)16(19)18-15(11(2)3)17(20)21/h7-8,10-11,15H,5-6,9H2,1-4H3,(H,18,19)(H,20,21)/t15-/m1/s1. The highest BCUT2D eigenvalue weighted by Gasteiger charge is 2.24. The van der Waals surface area contributed by atoms with Gasteiger partial charge in [-0.2, -0.15) is 0 Å². The monoisotopic (exact) mass is 323 g/mol. The fraction of sp³-hybridized carbons (Fsp3) is 0.529. The number of rotatable bonds is 9. The van der Waals surface area contributed by atoms with E-state index in [9.17, 15) is 9.59 Å². The molecule has 0 spiro atoms. The molecular weight excluding hydrogens is 298 g/mol. The van der Waals surface area contributed by atoms with Gasteiger partial charge in [0.05, 0.1) is 13.7 Å². The predicted molar refractivity (Wildman–Crippen MR) is 87.1 cm³/mol. The SMILES string of the molecule is CCCCOc1ccc(C(=O)N[C@@H](C(=O)O)C(C)C)cc1OC. The Morgan fingerprint density at radius 3 is 2.48 bits per heavy atom. The molecule has 1 amide bonds. The normalized spacial score (nSPS) is 11.9. The zero-order valence-electron chi connectivity index (χ0n) is 14.1. The number of benzene rings is 1. The number of amides is 1. The van der Waals surface area contributed by atoms with Crippen LogP contribution in [0.3, 0.4) is 0 Å². The molecule has 6 heteroatoms. The van der Waals surface area contributed by atoms with E-state index < -0.39 is 17.9 Å². The first-order chi connectivity index (χ1) is 10.9. The average Bonchev–Trinajstić information content (AvgIpc) is 2.52. The van der Waals surface area contributed by atoms with Crippen molar-refractivity contribution in [2.75, 3.05) is 13.7 Å². The quantitative estimate of drug-likeness (QED) is 0.683. The second kappa shape index (κ2) is 9.02. The summed E-state index contributed by atoms with van der Waals surface area (Å²) in [6.07, 6.45) is 1.95. The van der Waals surface area contributed by atoms with Crippen LogP contribution in [-0.2, 0) is 4.79 Å². The highest BCUT2D eigenvalue weighted by molar-refractivity contribution is 5.97. The number of aliphatic carboxylic acids is 1. The Morgan fingerprint density at radius 1 is 1.26 bits per heavy atom. The lowest BCUT2D eigenvalue weighted by Gasteiger charge is -2.18. The molecule has 6 nitrogen and oxygen atoms in total. The van der Waals surface area contributed by atoms with Crippen LogP contribution in [0.15, 0.2) is 18.2 Å². The van der Waals surface area contributed by atoms with Crippen molar-refractivity contribution in [2.24, 2.45) is 5.92 Å². The van der Waals surface area contributed by atoms with Gasteiger partial charge in [-0.25, -0.2) is 4.79 Å². The molecule has 1 aromatic carbocycles. The van der Waals surface area contributed by atoms with Crippen LogP contribution in [0, 0.1) is 5.92 Å². The van der Waals surface area contributed by atoms with Gasteiger partial charge in [0, 0.05) is 5.56 Å². The van der Waals surface area contributed by atoms with Crippen molar-refractivity contribution in [2.45, 2.75) is 39.7 Å². The van der Waals surface area contributed by atoms with Crippen molar-refractivity contribution in [1.29, 1.82) is 0 Å². The number of hydrogen-bond donors (Lipinski definition) is 2. The highest BCUT2D eigenvalue weighted by atomic mass is 16.5. The predicted octanol–water partition coefficient (Wildman–Crippen LogP) is 2.71. The third-order valence-electron chi connectivity index (χ3n) is 3.40. The number of carbonyl (C=O) groups excluding carboxylic acids is 1. The summed E-state index contributed by atoms with van der Waals surface area (Å²) >= 11 is 0. The van der Waals surface area contributed by atoms with Gasteiger partial charge in [0.25, 0.3) is 5.91 Å². The Labute approximate surface area is 136 Å². The number of ether oxygens (including phenoxy) is 2. The van der Waals surface area contributed by atoms with Gasteiger partial charge in [-0.1, -0.05) is 27.2 Å². The van der Waals surface area contributed by atoms with Gasteiger partial charge in [0.15, 0.2) is 11.5 Å². The van der Waals surface area contributed by atoms with E-state index in [-0.39, 0.29) is 5.92 Å². The zero-order valence-corrected chi connectivity index (χ0v) is 14.1. The van der Waals surface area contributed by atoms with E-state index in [4.69, 9.17) is 14.6 Å². The van der Waals surface area contributed by atoms with Crippen LogP contribution in [0.2, 0.25) is 0 Å². The number of carboxylic acid groups (broad SMARTS) is 1. The van der Waals surface area contributed by atoms with Gasteiger partial charge in [0.1, 0.15) is 6.04 Å². The molecule has 0 aliphatic carbocycles. The van der Waals surface area contributed by atoms with Crippen LogP contribution < -0.4 is 14.8 Å². The lowest BCUT2D eigenvalue weighted by atomic mass is 10.0. The van der Waals surface area contributed by atoms with Crippen molar-refractivity contribution in [3.8, 4) is 11.5 Å². The van der Waals surface area contributed by atoms with Crippen LogP contribution in [0.4, 0.5) is 0 Å². The number of nitrogens with one attached hydrogen (secondary N) is 1. The summed E-state index contributed by atoms with van der Waals surface area (Å²) in [7, 11) is 1.50. The smallest absolute Gasteiger partial charge is 0.326 e. The van der Waals surface area contributed by atoms with Crippen molar-refractivity contribution in [1.82, 2.24) is 5.32 Å². The van der Waals surface area contributed by atoms with Crippen LogP contribution >= 0.6 is 0 Å². The molecule has 0 aromatic heterocycles. The van der Waals surface area contributed by atoms with Gasteiger partial charge < -0.3 is 19.9 Å². The summed E-state index contributed by atoms with van der Waals surface area (Å²) in [5.74, 6) is -0.708. The number of methoxy groups -OCH3 is 1. The summed E-state index contributed by atoms with van der Waals surface area (Å²) in [5.41, 5.74) is 0.330. The molecule has 0 aliphatic rings. The fourth-order valence-corrected chi connectivity index (χ4v) is 1.99. The molecule has 128 valence electrons. The van der Waals surface area contributed by atoms with E-state index in [1.54, 1.807) is 32.0 Å². The van der Waals surface area contributed by atoms with E-state index in [1.807, 2.05) is 0 Å². The van der Waals surface area contributed by atoms with E-state index in [0.717, 1.165) is 12.8 Å². The number of carbonyl (C=O) groups is 2. The maximum atomic E-state index is 12.2. The number of carboxylic acids is 1. The minimum Gasteiger partial charge on any atom is -0.493 e. The highest BCUT2D eigenvalue weighted by Crippen LogP contribution is 2.28. The third-order valence-corrected chi connectivity index (χ3v) is 3.40. The molecule has 1 rings (SSSR count). The molecule has 0 unspecified atom stereocenters. The van der Waals surface area contributed by atoms with Gasteiger partial charge in [0.2, 0.25) is 0 Å². The van der Waals surface area contributed by atoms with Crippen molar-refractivity contribution in [3.05, 3.63) is 23.8 Å². The van der Waals surface area contributed by atoms with Gasteiger partial charge in [-0.15, -0.1) is 0 Å². The summed E-state index contributed by atoms with van der Waals surface area (Å²) in [5, 5.41) is 11.7. The second-order valence-electron chi connectivity index (χ2n) is 5.60. The first-order valence-corrected chi connectivity index (χ1v) is 7.75. The fourth-order valence-electron chi connectivity index (χ4n) is 1.99. The van der Waals surface area contributed by atoms with Crippen molar-refractivity contribution < 1.29 is 24.2 Å². The maximum absolute atomic E-state index is 12.2. The number of unbranched alkanes of at least 4 members (excludes halogenated alkanes) is 1. The van der Waals surface area contributed by atoms with Crippen LogP contribution in [0.25, 0.3) is 0 Å². The molecule has 23 heavy (non-hydrogen) atoms. The molecule has 0 heterocycles. The molecule has 0 saturated heterocycles. The largest absolute Gasteiger partial charge is 0.493 e. The minimum atomic E-state index is -1.06. The Morgan fingerprint density at radius 2 is 1.96 bits per heavy atom. The van der Waals surface area contributed by atoms with E-state index in [1.165, 1.54) is 7.11 Å². The molecule has 1 aromatic rings. The first kappa shape index (κ1) is 18.8.